The van der Waals surface area contributed by atoms with Crippen molar-refractivity contribution >= 4 is 5.97 Å². The highest BCUT2D eigenvalue weighted by Gasteiger charge is 2.36. The van der Waals surface area contributed by atoms with Gasteiger partial charge in [0.25, 0.3) is 0 Å². The van der Waals surface area contributed by atoms with E-state index in [0.29, 0.717) is 11.8 Å². The molecule has 1 fully saturated rings. The first kappa shape index (κ1) is 14.5. The van der Waals surface area contributed by atoms with Gasteiger partial charge in [-0.15, -0.1) is 0 Å². The summed E-state index contributed by atoms with van der Waals surface area (Å²) in [5.41, 5.74) is 5.72. The molecule has 0 heterocycles. The summed E-state index contributed by atoms with van der Waals surface area (Å²) in [6.07, 6.45) is 2.91. The lowest BCUT2D eigenvalue weighted by atomic mass is 9.74. The molecule has 3 nitrogen and oxygen atoms in total. The molecule has 0 aromatic rings. The predicted molar refractivity (Wildman–Crippen MR) is 69.5 cm³/mol. The second-order valence-corrected chi connectivity index (χ2v) is 6.62. The summed E-state index contributed by atoms with van der Waals surface area (Å²) in [5, 5.41) is 0. The lowest BCUT2D eigenvalue weighted by Crippen LogP contribution is -2.44. The van der Waals surface area contributed by atoms with Crippen LogP contribution >= 0.6 is 0 Å². The molecule has 0 radical (unpaired) electrons. The van der Waals surface area contributed by atoms with Gasteiger partial charge in [0, 0.05) is 6.04 Å². The molecule has 100 valence electrons. The van der Waals surface area contributed by atoms with Crippen LogP contribution in [-0.4, -0.2) is 17.6 Å². The minimum atomic E-state index is -0.411. The maximum Gasteiger partial charge on any atom is 0.311 e. The maximum absolute atomic E-state index is 12.0. The van der Waals surface area contributed by atoms with Gasteiger partial charge < -0.3 is 10.5 Å². The number of hydrogen-bond donors (Lipinski definition) is 1. The summed E-state index contributed by atoms with van der Waals surface area (Å²) in [5.74, 6) is 1.08. The molecule has 0 aliphatic heterocycles. The van der Waals surface area contributed by atoms with E-state index in [0.717, 1.165) is 19.3 Å². The van der Waals surface area contributed by atoms with E-state index in [4.69, 9.17) is 10.5 Å². The molecule has 3 heteroatoms. The highest BCUT2D eigenvalue weighted by molar-refractivity contribution is 5.73. The molecular formula is C14H27NO2. The molecule has 1 rings (SSSR count). The zero-order chi connectivity index (χ0) is 13.2. The van der Waals surface area contributed by atoms with Gasteiger partial charge in [0.05, 0.1) is 5.92 Å². The first-order chi connectivity index (χ1) is 7.70. The fraction of sp³-hybridized carbons (Fsp3) is 0.929. The van der Waals surface area contributed by atoms with Crippen LogP contribution in [-0.2, 0) is 9.53 Å². The molecule has 17 heavy (non-hydrogen) atoms. The van der Waals surface area contributed by atoms with E-state index in [9.17, 15) is 4.79 Å². The monoisotopic (exact) mass is 241 g/mol. The van der Waals surface area contributed by atoms with Crippen molar-refractivity contribution in [1.29, 1.82) is 0 Å². The predicted octanol–water partition coefficient (Wildman–Crippen LogP) is 2.73. The molecule has 0 saturated heterocycles. The summed E-state index contributed by atoms with van der Waals surface area (Å²) in [7, 11) is 0. The van der Waals surface area contributed by atoms with Gasteiger partial charge in [-0.25, -0.2) is 0 Å². The molecule has 0 bridgehead atoms. The Bertz CT molecular complexity index is 268. The van der Waals surface area contributed by atoms with Gasteiger partial charge in [-0.1, -0.05) is 13.8 Å². The Morgan fingerprint density at radius 2 is 1.88 bits per heavy atom. The smallest absolute Gasteiger partial charge is 0.311 e. The van der Waals surface area contributed by atoms with Gasteiger partial charge >= 0.3 is 5.97 Å². The molecule has 0 unspecified atom stereocenters. The number of rotatable bonds is 2. The van der Waals surface area contributed by atoms with Crippen LogP contribution in [0, 0.1) is 17.8 Å². The number of carbonyl (C=O) groups excluding carboxylic acids is 1. The average Bonchev–Trinajstić information content (AvgIpc) is 2.14. The van der Waals surface area contributed by atoms with Crippen molar-refractivity contribution in [3.8, 4) is 0 Å². The van der Waals surface area contributed by atoms with Crippen LogP contribution in [0.15, 0.2) is 0 Å². The molecule has 0 aromatic heterocycles. The molecule has 0 amide bonds. The van der Waals surface area contributed by atoms with Gasteiger partial charge in [0.2, 0.25) is 0 Å². The highest BCUT2D eigenvalue weighted by atomic mass is 16.6. The largest absolute Gasteiger partial charge is 0.460 e. The lowest BCUT2D eigenvalue weighted by molar-refractivity contribution is -0.162. The van der Waals surface area contributed by atoms with Crippen LogP contribution in [0.25, 0.3) is 0 Å². The van der Waals surface area contributed by atoms with E-state index in [-0.39, 0.29) is 17.9 Å². The van der Waals surface area contributed by atoms with Crippen LogP contribution in [0.3, 0.4) is 0 Å². The minimum absolute atomic E-state index is 0.0361. The van der Waals surface area contributed by atoms with Crippen molar-refractivity contribution in [2.75, 3.05) is 0 Å². The van der Waals surface area contributed by atoms with Crippen LogP contribution in [0.1, 0.15) is 53.9 Å². The van der Waals surface area contributed by atoms with Crippen LogP contribution < -0.4 is 5.73 Å². The second-order valence-electron chi connectivity index (χ2n) is 6.62. The van der Waals surface area contributed by atoms with Crippen molar-refractivity contribution in [2.24, 2.45) is 23.5 Å². The van der Waals surface area contributed by atoms with Gasteiger partial charge in [0.1, 0.15) is 5.60 Å². The van der Waals surface area contributed by atoms with Crippen LogP contribution in [0.5, 0.6) is 0 Å². The summed E-state index contributed by atoms with van der Waals surface area (Å²) in [6.45, 7) is 10.2. The third kappa shape index (κ3) is 4.30. The van der Waals surface area contributed by atoms with Crippen LogP contribution in [0.2, 0.25) is 0 Å². The molecule has 3 atom stereocenters. The normalized spacial score (nSPS) is 30.4. The second kappa shape index (κ2) is 5.38. The average molecular weight is 241 g/mol. The highest BCUT2D eigenvalue weighted by Crippen LogP contribution is 2.33. The fourth-order valence-corrected chi connectivity index (χ4v) is 2.52. The van der Waals surface area contributed by atoms with Gasteiger partial charge in [-0.3, -0.25) is 4.79 Å². The van der Waals surface area contributed by atoms with Crippen LogP contribution in [0.4, 0.5) is 0 Å². The number of ether oxygens (including phenoxy) is 1. The Labute approximate surface area is 105 Å². The Hall–Kier alpha value is -0.570. The minimum Gasteiger partial charge on any atom is -0.460 e. The first-order valence-corrected chi connectivity index (χ1v) is 6.69. The first-order valence-electron chi connectivity index (χ1n) is 6.69. The third-order valence-corrected chi connectivity index (χ3v) is 3.59. The summed E-state index contributed by atoms with van der Waals surface area (Å²) < 4.78 is 5.42. The molecular weight excluding hydrogens is 214 g/mol. The summed E-state index contributed by atoms with van der Waals surface area (Å²) in [6, 6.07) is -0.0361. The van der Waals surface area contributed by atoms with E-state index in [1.165, 1.54) is 0 Å². The Balaban J connectivity index is 2.55. The molecule has 2 N–H and O–H groups in total. The SMILES string of the molecule is CC(C)[C@H]1CC[C@H](C(=O)OC(C)(C)C)[C@H](N)C1. The molecule has 1 saturated carbocycles. The van der Waals surface area contributed by atoms with Crippen molar-refractivity contribution in [3.05, 3.63) is 0 Å². The number of esters is 1. The molecule has 1 aliphatic rings. The lowest BCUT2D eigenvalue weighted by Gasteiger charge is -2.35. The topological polar surface area (TPSA) is 52.3 Å². The van der Waals surface area contributed by atoms with Crippen molar-refractivity contribution in [3.63, 3.8) is 0 Å². The number of nitrogens with two attached hydrogens (primary N) is 1. The zero-order valence-corrected chi connectivity index (χ0v) is 11.8. The van der Waals surface area contributed by atoms with Crippen molar-refractivity contribution in [2.45, 2.75) is 65.5 Å². The van der Waals surface area contributed by atoms with Gasteiger partial charge in [-0.2, -0.15) is 0 Å². The van der Waals surface area contributed by atoms with Gasteiger partial charge in [0.15, 0.2) is 0 Å². The van der Waals surface area contributed by atoms with E-state index >= 15 is 0 Å². The maximum atomic E-state index is 12.0. The number of carbonyl (C=O) groups is 1. The Morgan fingerprint density at radius 3 is 2.29 bits per heavy atom. The van der Waals surface area contributed by atoms with E-state index in [1.54, 1.807) is 0 Å². The summed E-state index contributed by atoms with van der Waals surface area (Å²) in [4.78, 5) is 12.0. The van der Waals surface area contributed by atoms with E-state index in [1.807, 2.05) is 20.8 Å². The van der Waals surface area contributed by atoms with E-state index < -0.39 is 5.60 Å². The Kier molecular flexibility index (Phi) is 4.59. The van der Waals surface area contributed by atoms with E-state index in [2.05, 4.69) is 13.8 Å². The standard InChI is InChI=1S/C14H27NO2/c1-9(2)10-6-7-11(12(15)8-10)13(16)17-14(3,4)5/h9-12H,6-8,15H2,1-5H3/t10-,11-,12+/m0/s1. The molecule has 0 spiro atoms. The summed E-state index contributed by atoms with van der Waals surface area (Å²) >= 11 is 0. The van der Waals surface area contributed by atoms with Crippen molar-refractivity contribution in [1.82, 2.24) is 0 Å². The molecule has 1 aliphatic carbocycles. The Morgan fingerprint density at radius 1 is 1.29 bits per heavy atom. The zero-order valence-electron chi connectivity index (χ0n) is 11.8. The van der Waals surface area contributed by atoms with Crippen molar-refractivity contribution < 1.29 is 9.53 Å². The molecule has 0 aromatic carbocycles. The third-order valence-electron chi connectivity index (χ3n) is 3.59. The quantitative estimate of drug-likeness (QED) is 0.756. The fourth-order valence-electron chi connectivity index (χ4n) is 2.52. The van der Waals surface area contributed by atoms with Gasteiger partial charge in [-0.05, 0) is 51.9 Å². The number of hydrogen-bond acceptors (Lipinski definition) is 3.